The fourth-order valence-electron chi connectivity index (χ4n) is 5.03. The van der Waals surface area contributed by atoms with Crippen molar-refractivity contribution in [2.24, 2.45) is 11.3 Å². The summed E-state index contributed by atoms with van der Waals surface area (Å²) < 4.78 is 0. The topological polar surface area (TPSA) is 58.2 Å². The number of carbonyl (C=O) groups excluding carboxylic acids is 2. The van der Waals surface area contributed by atoms with Gasteiger partial charge in [-0.2, -0.15) is 0 Å². The maximum atomic E-state index is 13.1. The van der Waals surface area contributed by atoms with Crippen molar-refractivity contribution in [2.75, 3.05) is 0 Å². The second-order valence-corrected chi connectivity index (χ2v) is 9.82. The highest BCUT2D eigenvalue weighted by atomic mass is 16.2. The standard InChI is InChI=1S/C29H32N2O2/c1-29(2)19-25(30-27(32)22-14-8-4-9-15-22)24(18-21-12-6-3-7-13-21)26(20-29)31-28(33)23-16-10-5-11-17-23/h3-17,24-26H,18-20H2,1-2H3,(H,30,32)(H,31,33). The molecule has 1 aliphatic rings. The van der Waals surface area contributed by atoms with Gasteiger partial charge in [0.1, 0.15) is 0 Å². The van der Waals surface area contributed by atoms with Gasteiger partial charge in [-0.1, -0.05) is 80.6 Å². The summed E-state index contributed by atoms with van der Waals surface area (Å²) in [5.41, 5.74) is 2.50. The Balaban J connectivity index is 1.62. The molecule has 1 saturated carbocycles. The minimum Gasteiger partial charge on any atom is -0.349 e. The number of nitrogens with one attached hydrogen (secondary N) is 2. The first kappa shape index (κ1) is 22.8. The fourth-order valence-corrected chi connectivity index (χ4v) is 5.03. The summed E-state index contributed by atoms with van der Waals surface area (Å²) in [7, 11) is 0. The lowest BCUT2D eigenvalue weighted by Gasteiger charge is -2.46. The van der Waals surface area contributed by atoms with Gasteiger partial charge < -0.3 is 10.6 Å². The van der Waals surface area contributed by atoms with Crippen LogP contribution < -0.4 is 10.6 Å². The molecule has 0 aliphatic heterocycles. The number of hydrogen-bond donors (Lipinski definition) is 2. The van der Waals surface area contributed by atoms with Gasteiger partial charge in [0.25, 0.3) is 11.8 Å². The smallest absolute Gasteiger partial charge is 0.251 e. The number of amides is 2. The summed E-state index contributed by atoms with van der Waals surface area (Å²) in [6.07, 6.45) is 2.51. The average Bonchev–Trinajstić information content (AvgIpc) is 2.82. The summed E-state index contributed by atoms with van der Waals surface area (Å²) in [5.74, 6) is -0.0465. The van der Waals surface area contributed by atoms with E-state index in [2.05, 4.69) is 36.6 Å². The molecule has 4 heteroatoms. The van der Waals surface area contributed by atoms with Crippen LogP contribution in [0.25, 0.3) is 0 Å². The van der Waals surface area contributed by atoms with Crippen LogP contribution in [0.3, 0.4) is 0 Å². The van der Waals surface area contributed by atoms with E-state index < -0.39 is 0 Å². The van der Waals surface area contributed by atoms with E-state index in [9.17, 15) is 9.59 Å². The molecule has 2 amide bonds. The molecule has 0 spiro atoms. The molecule has 33 heavy (non-hydrogen) atoms. The number of carbonyl (C=O) groups is 2. The lowest BCUT2D eigenvalue weighted by molar-refractivity contribution is 0.0690. The van der Waals surface area contributed by atoms with Gasteiger partial charge >= 0.3 is 0 Å². The zero-order valence-corrected chi connectivity index (χ0v) is 19.3. The van der Waals surface area contributed by atoms with Crippen molar-refractivity contribution in [1.29, 1.82) is 0 Å². The minimum absolute atomic E-state index is 0.0174. The molecule has 0 saturated heterocycles. The van der Waals surface area contributed by atoms with Crippen molar-refractivity contribution in [2.45, 2.75) is 45.2 Å². The Kier molecular flexibility index (Phi) is 6.93. The molecule has 0 bridgehead atoms. The van der Waals surface area contributed by atoms with Crippen LogP contribution in [0.2, 0.25) is 0 Å². The third-order valence-corrected chi connectivity index (χ3v) is 6.60. The molecule has 3 aromatic carbocycles. The van der Waals surface area contributed by atoms with Gasteiger partial charge in [0, 0.05) is 29.1 Å². The van der Waals surface area contributed by atoms with Gasteiger partial charge in [0.2, 0.25) is 0 Å². The molecular weight excluding hydrogens is 408 g/mol. The largest absolute Gasteiger partial charge is 0.349 e. The lowest BCUT2D eigenvalue weighted by atomic mass is 9.66. The van der Waals surface area contributed by atoms with Crippen molar-refractivity contribution >= 4 is 11.8 Å². The molecule has 4 nitrogen and oxygen atoms in total. The van der Waals surface area contributed by atoms with E-state index in [-0.39, 0.29) is 35.2 Å². The second kappa shape index (κ2) is 10.0. The third kappa shape index (κ3) is 5.89. The lowest BCUT2D eigenvalue weighted by Crippen LogP contribution is -2.57. The second-order valence-electron chi connectivity index (χ2n) is 9.82. The Bertz CT molecular complexity index is 999. The molecule has 170 valence electrons. The maximum absolute atomic E-state index is 13.1. The molecule has 0 aromatic heterocycles. The Hall–Kier alpha value is -3.40. The van der Waals surface area contributed by atoms with E-state index >= 15 is 0 Å². The van der Waals surface area contributed by atoms with Crippen molar-refractivity contribution < 1.29 is 9.59 Å². The van der Waals surface area contributed by atoms with Crippen LogP contribution >= 0.6 is 0 Å². The highest BCUT2D eigenvalue weighted by molar-refractivity contribution is 5.95. The van der Waals surface area contributed by atoms with Crippen LogP contribution in [-0.2, 0) is 6.42 Å². The summed E-state index contributed by atoms with van der Waals surface area (Å²) >= 11 is 0. The van der Waals surface area contributed by atoms with E-state index in [1.807, 2.05) is 78.9 Å². The zero-order valence-electron chi connectivity index (χ0n) is 19.3. The zero-order chi connectivity index (χ0) is 23.3. The Morgan fingerprint density at radius 3 is 1.52 bits per heavy atom. The van der Waals surface area contributed by atoms with Crippen LogP contribution in [-0.4, -0.2) is 23.9 Å². The summed E-state index contributed by atoms with van der Waals surface area (Å²) in [4.78, 5) is 26.1. The molecule has 3 aromatic rings. The fraction of sp³-hybridized carbons (Fsp3) is 0.310. The third-order valence-electron chi connectivity index (χ3n) is 6.60. The van der Waals surface area contributed by atoms with Gasteiger partial charge in [-0.05, 0) is 54.5 Å². The van der Waals surface area contributed by atoms with Gasteiger partial charge in [-0.15, -0.1) is 0 Å². The van der Waals surface area contributed by atoms with E-state index in [1.54, 1.807) is 0 Å². The minimum atomic E-state index is -0.0653. The van der Waals surface area contributed by atoms with Crippen LogP contribution in [0.5, 0.6) is 0 Å². The highest BCUT2D eigenvalue weighted by Crippen LogP contribution is 2.40. The van der Waals surface area contributed by atoms with Gasteiger partial charge in [0.15, 0.2) is 0 Å². The monoisotopic (exact) mass is 440 g/mol. The summed E-state index contributed by atoms with van der Waals surface area (Å²) in [6.45, 7) is 4.43. The number of benzene rings is 3. The predicted molar refractivity (Wildman–Crippen MR) is 132 cm³/mol. The van der Waals surface area contributed by atoms with Crippen LogP contribution in [0.15, 0.2) is 91.0 Å². The molecule has 0 heterocycles. The average molecular weight is 441 g/mol. The van der Waals surface area contributed by atoms with Gasteiger partial charge in [0.05, 0.1) is 0 Å². The first-order valence-corrected chi connectivity index (χ1v) is 11.7. The quantitative estimate of drug-likeness (QED) is 0.549. The molecule has 1 aliphatic carbocycles. The Morgan fingerprint density at radius 2 is 1.09 bits per heavy atom. The number of rotatable bonds is 6. The van der Waals surface area contributed by atoms with E-state index in [1.165, 1.54) is 5.56 Å². The molecule has 1 fully saturated rings. The van der Waals surface area contributed by atoms with Crippen molar-refractivity contribution in [3.63, 3.8) is 0 Å². The van der Waals surface area contributed by atoms with Crippen LogP contribution in [0.4, 0.5) is 0 Å². The van der Waals surface area contributed by atoms with Gasteiger partial charge in [-0.25, -0.2) is 0 Å². The SMILES string of the molecule is CC1(C)CC(NC(=O)c2ccccc2)C(Cc2ccccc2)C(NC(=O)c2ccccc2)C1. The molecular formula is C29H32N2O2. The Morgan fingerprint density at radius 1 is 0.697 bits per heavy atom. The summed E-state index contributed by atoms with van der Waals surface area (Å²) in [5, 5.41) is 6.63. The first-order valence-electron chi connectivity index (χ1n) is 11.7. The van der Waals surface area contributed by atoms with Crippen molar-refractivity contribution in [3.05, 3.63) is 108 Å². The van der Waals surface area contributed by atoms with E-state index in [4.69, 9.17) is 0 Å². The van der Waals surface area contributed by atoms with Crippen LogP contribution in [0.1, 0.15) is 53.0 Å². The highest BCUT2D eigenvalue weighted by Gasteiger charge is 2.42. The van der Waals surface area contributed by atoms with E-state index in [0.717, 1.165) is 19.3 Å². The molecule has 2 N–H and O–H groups in total. The molecule has 2 unspecified atom stereocenters. The van der Waals surface area contributed by atoms with E-state index in [0.29, 0.717) is 11.1 Å². The van der Waals surface area contributed by atoms with Crippen molar-refractivity contribution in [1.82, 2.24) is 10.6 Å². The maximum Gasteiger partial charge on any atom is 0.251 e. The summed E-state index contributed by atoms with van der Waals surface area (Å²) in [6, 6.07) is 28.9. The molecule has 0 radical (unpaired) electrons. The van der Waals surface area contributed by atoms with Gasteiger partial charge in [-0.3, -0.25) is 9.59 Å². The number of hydrogen-bond acceptors (Lipinski definition) is 2. The van der Waals surface area contributed by atoms with Crippen molar-refractivity contribution in [3.8, 4) is 0 Å². The molecule has 2 atom stereocenters. The first-order chi connectivity index (χ1) is 15.9. The predicted octanol–water partition coefficient (Wildman–Crippen LogP) is 5.26. The van der Waals surface area contributed by atoms with Crippen LogP contribution in [0, 0.1) is 11.3 Å². The normalized spacial score (nSPS) is 21.7. The molecule has 4 rings (SSSR count). The Labute approximate surface area is 196 Å².